The molecule has 0 aliphatic carbocycles. The van der Waals surface area contributed by atoms with Crippen LogP contribution in [0.4, 0.5) is 0 Å². The Morgan fingerprint density at radius 1 is 1.04 bits per heavy atom. The molecule has 1 aromatic carbocycles. The van der Waals surface area contributed by atoms with Crippen LogP contribution >= 0.6 is 11.3 Å². The fourth-order valence-electron chi connectivity index (χ4n) is 3.08. The van der Waals surface area contributed by atoms with E-state index in [4.69, 9.17) is 9.47 Å². The lowest BCUT2D eigenvalue weighted by atomic mass is 10.2. The molecule has 0 saturated heterocycles. The van der Waals surface area contributed by atoms with E-state index < -0.39 is 0 Å². The van der Waals surface area contributed by atoms with E-state index in [0.29, 0.717) is 13.2 Å². The van der Waals surface area contributed by atoms with Gasteiger partial charge in [0.1, 0.15) is 13.2 Å². The monoisotopic (exact) mass is 326 g/mol. The molecule has 0 radical (unpaired) electrons. The third kappa shape index (κ3) is 2.41. The molecule has 5 heteroatoms. The first-order valence-corrected chi connectivity index (χ1v) is 8.53. The van der Waals surface area contributed by atoms with E-state index in [-0.39, 0.29) is 0 Å². The van der Waals surface area contributed by atoms with E-state index in [1.165, 1.54) is 17.0 Å². The van der Waals surface area contributed by atoms with E-state index in [9.17, 15) is 0 Å². The Balaban J connectivity index is 1.82. The van der Waals surface area contributed by atoms with Gasteiger partial charge < -0.3 is 14.0 Å². The summed E-state index contributed by atoms with van der Waals surface area (Å²) in [6, 6.07) is 8.30. The van der Waals surface area contributed by atoms with Crippen molar-refractivity contribution in [1.82, 2.24) is 9.55 Å². The molecule has 4 rings (SSSR count). The number of benzene rings is 1. The number of nitrogens with zero attached hydrogens (tertiary/aromatic N) is 2. The second-order valence-corrected chi connectivity index (χ2v) is 6.76. The highest BCUT2D eigenvalue weighted by atomic mass is 32.1. The maximum Gasteiger partial charge on any atom is 0.163 e. The Bertz CT molecular complexity index is 879. The SMILES string of the molecule is Cc1nc(-c2cc(C)n(-c3ccc4c(c3)OCCO4)c2C)cs1. The molecule has 0 unspecified atom stereocenters. The van der Waals surface area contributed by atoms with Crippen LogP contribution in [-0.4, -0.2) is 22.8 Å². The van der Waals surface area contributed by atoms with Crippen molar-refractivity contribution in [2.45, 2.75) is 20.8 Å². The summed E-state index contributed by atoms with van der Waals surface area (Å²) >= 11 is 1.68. The summed E-state index contributed by atoms with van der Waals surface area (Å²) in [6.07, 6.45) is 0. The predicted octanol–water partition coefficient (Wildman–Crippen LogP) is 4.30. The van der Waals surface area contributed by atoms with Crippen LogP contribution in [0.5, 0.6) is 11.5 Å². The minimum Gasteiger partial charge on any atom is -0.486 e. The summed E-state index contributed by atoms with van der Waals surface area (Å²) in [7, 11) is 0. The largest absolute Gasteiger partial charge is 0.486 e. The van der Waals surface area contributed by atoms with Crippen molar-refractivity contribution in [3.63, 3.8) is 0 Å². The number of thiazole rings is 1. The van der Waals surface area contributed by atoms with Crippen LogP contribution in [0.2, 0.25) is 0 Å². The first-order chi connectivity index (χ1) is 11.1. The van der Waals surface area contributed by atoms with Crippen molar-refractivity contribution in [1.29, 1.82) is 0 Å². The number of aromatic nitrogens is 2. The third-order valence-corrected chi connectivity index (χ3v) is 4.88. The smallest absolute Gasteiger partial charge is 0.163 e. The van der Waals surface area contributed by atoms with E-state index in [2.05, 4.69) is 40.9 Å². The van der Waals surface area contributed by atoms with Gasteiger partial charge in [-0.15, -0.1) is 11.3 Å². The normalized spacial score (nSPS) is 13.3. The highest BCUT2D eigenvalue weighted by Gasteiger charge is 2.17. The second kappa shape index (κ2) is 5.42. The van der Waals surface area contributed by atoms with E-state index in [0.717, 1.165) is 27.9 Å². The maximum atomic E-state index is 5.71. The molecule has 23 heavy (non-hydrogen) atoms. The topological polar surface area (TPSA) is 36.3 Å². The van der Waals surface area contributed by atoms with Crippen molar-refractivity contribution in [2.24, 2.45) is 0 Å². The van der Waals surface area contributed by atoms with Gasteiger partial charge in [0.2, 0.25) is 0 Å². The lowest BCUT2D eigenvalue weighted by molar-refractivity contribution is 0.171. The molecule has 4 nitrogen and oxygen atoms in total. The number of hydrogen-bond acceptors (Lipinski definition) is 4. The van der Waals surface area contributed by atoms with Crippen molar-refractivity contribution in [2.75, 3.05) is 13.2 Å². The van der Waals surface area contributed by atoms with Gasteiger partial charge in [-0.05, 0) is 39.0 Å². The highest BCUT2D eigenvalue weighted by Crippen LogP contribution is 2.35. The zero-order chi connectivity index (χ0) is 16.0. The van der Waals surface area contributed by atoms with Gasteiger partial charge in [-0.25, -0.2) is 4.98 Å². The van der Waals surface area contributed by atoms with Crippen molar-refractivity contribution >= 4 is 11.3 Å². The second-order valence-electron chi connectivity index (χ2n) is 5.70. The Morgan fingerprint density at radius 3 is 2.57 bits per heavy atom. The number of fused-ring (bicyclic) bond motifs is 1. The van der Waals surface area contributed by atoms with Crippen LogP contribution in [0.3, 0.4) is 0 Å². The zero-order valence-corrected chi connectivity index (χ0v) is 14.2. The average molecular weight is 326 g/mol. The van der Waals surface area contributed by atoms with Crippen molar-refractivity contribution in [3.05, 3.63) is 46.0 Å². The van der Waals surface area contributed by atoms with Crippen LogP contribution in [0.15, 0.2) is 29.6 Å². The summed E-state index contributed by atoms with van der Waals surface area (Å²) in [5.41, 5.74) is 5.68. The average Bonchev–Trinajstić information content (AvgIpc) is 3.10. The molecule has 0 amide bonds. The maximum absolute atomic E-state index is 5.71. The number of rotatable bonds is 2. The van der Waals surface area contributed by atoms with Crippen molar-refractivity contribution in [3.8, 4) is 28.4 Å². The first kappa shape index (κ1) is 14.3. The van der Waals surface area contributed by atoms with Gasteiger partial charge >= 0.3 is 0 Å². The van der Waals surface area contributed by atoms with Crippen LogP contribution < -0.4 is 9.47 Å². The molecule has 0 atom stereocenters. The zero-order valence-electron chi connectivity index (χ0n) is 13.4. The Labute approximate surface area is 139 Å². The van der Waals surface area contributed by atoms with E-state index in [1.807, 2.05) is 19.1 Å². The highest BCUT2D eigenvalue weighted by molar-refractivity contribution is 7.09. The van der Waals surface area contributed by atoms with Gasteiger partial charge in [-0.1, -0.05) is 0 Å². The number of hydrogen-bond donors (Lipinski definition) is 0. The molecule has 0 bridgehead atoms. The molecule has 0 spiro atoms. The molecule has 0 N–H and O–H groups in total. The summed E-state index contributed by atoms with van der Waals surface area (Å²) in [6.45, 7) is 7.50. The molecule has 0 fully saturated rings. The van der Waals surface area contributed by atoms with Gasteiger partial charge in [0.15, 0.2) is 11.5 Å². The fourth-order valence-corrected chi connectivity index (χ4v) is 3.69. The van der Waals surface area contributed by atoms with Crippen LogP contribution in [0.25, 0.3) is 16.9 Å². The molecule has 1 aliphatic heterocycles. The number of ether oxygens (including phenoxy) is 2. The molecule has 3 heterocycles. The minimum atomic E-state index is 0.601. The Morgan fingerprint density at radius 2 is 1.83 bits per heavy atom. The quantitative estimate of drug-likeness (QED) is 0.704. The molecule has 2 aromatic heterocycles. The van der Waals surface area contributed by atoms with Gasteiger partial charge in [-0.2, -0.15) is 0 Å². The van der Waals surface area contributed by atoms with Gasteiger partial charge in [0.05, 0.1) is 10.7 Å². The van der Waals surface area contributed by atoms with Crippen molar-refractivity contribution < 1.29 is 9.47 Å². The molecular weight excluding hydrogens is 308 g/mol. The summed E-state index contributed by atoms with van der Waals surface area (Å²) < 4.78 is 13.6. The van der Waals surface area contributed by atoms with Gasteiger partial charge in [0.25, 0.3) is 0 Å². The van der Waals surface area contributed by atoms with Crippen LogP contribution in [0.1, 0.15) is 16.4 Å². The summed E-state index contributed by atoms with van der Waals surface area (Å²) in [5, 5.41) is 3.20. The number of aryl methyl sites for hydroxylation is 2. The van der Waals surface area contributed by atoms with Gasteiger partial charge in [0, 0.05) is 34.1 Å². The first-order valence-electron chi connectivity index (χ1n) is 7.65. The molecule has 1 aliphatic rings. The molecule has 3 aromatic rings. The lowest BCUT2D eigenvalue weighted by Crippen LogP contribution is -2.15. The lowest BCUT2D eigenvalue weighted by Gasteiger charge is -2.20. The minimum absolute atomic E-state index is 0.601. The van der Waals surface area contributed by atoms with Gasteiger partial charge in [-0.3, -0.25) is 0 Å². The van der Waals surface area contributed by atoms with E-state index >= 15 is 0 Å². The van der Waals surface area contributed by atoms with Crippen LogP contribution in [-0.2, 0) is 0 Å². The summed E-state index contributed by atoms with van der Waals surface area (Å²) in [5.74, 6) is 1.63. The third-order valence-electron chi connectivity index (χ3n) is 4.11. The molecule has 0 saturated carbocycles. The molecule has 118 valence electrons. The molecular formula is C18H18N2O2S. The van der Waals surface area contributed by atoms with E-state index in [1.54, 1.807) is 11.3 Å². The summed E-state index contributed by atoms with van der Waals surface area (Å²) in [4.78, 5) is 4.62. The Kier molecular flexibility index (Phi) is 3.38. The van der Waals surface area contributed by atoms with Crippen LogP contribution in [0, 0.1) is 20.8 Å². The Hall–Kier alpha value is -2.27. The standard InChI is InChI=1S/C18H18N2O2S/c1-11-8-15(16-10-23-13(3)19-16)12(2)20(11)14-4-5-17-18(9-14)22-7-6-21-17/h4-5,8-10H,6-7H2,1-3H3. The fraction of sp³-hybridized carbons (Fsp3) is 0.278. The predicted molar refractivity (Wildman–Crippen MR) is 92.1 cm³/mol.